The Morgan fingerprint density at radius 2 is 1.83 bits per heavy atom. The van der Waals surface area contributed by atoms with Crippen LogP contribution in [-0.4, -0.2) is 27.0 Å². The van der Waals surface area contributed by atoms with Crippen LogP contribution in [0.4, 0.5) is 10.1 Å². The molecule has 2 aromatic heterocycles. The van der Waals surface area contributed by atoms with Crippen molar-refractivity contribution in [2.75, 3.05) is 11.4 Å². The fourth-order valence-electron chi connectivity index (χ4n) is 3.55. The molecule has 0 spiro atoms. The van der Waals surface area contributed by atoms with Crippen LogP contribution in [0.2, 0.25) is 0 Å². The van der Waals surface area contributed by atoms with Gasteiger partial charge in [0.15, 0.2) is 5.82 Å². The van der Waals surface area contributed by atoms with E-state index in [-0.39, 0.29) is 17.3 Å². The van der Waals surface area contributed by atoms with Crippen molar-refractivity contribution in [3.63, 3.8) is 0 Å². The van der Waals surface area contributed by atoms with Gasteiger partial charge in [-0.05, 0) is 36.8 Å². The van der Waals surface area contributed by atoms with Crippen molar-refractivity contribution in [3.05, 3.63) is 74.8 Å². The van der Waals surface area contributed by atoms with Gasteiger partial charge in [0, 0.05) is 17.7 Å². The van der Waals surface area contributed by atoms with E-state index >= 15 is 0 Å². The molecule has 8 heteroatoms. The van der Waals surface area contributed by atoms with E-state index in [4.69, 9.17) is 0 Å². The summed E-state index contributed by atoms with van der Waals surface area (Å²) in [6, 6.07) is 13.3. The van der Waals surface area contributed by atoms with E-state index in [1.807, 2.05) is 31.2 Å². The molecule has 2 aromatic carbocycles. The van der Waals surface area contributed by atoms with Crippen molar-refractivity contribution in [1.29, 1.82) is 0 Å². The molecule has 1 aliphatic heterocycles. The summed E-state index contributed by atoms with van der Waals surface area (Å²) in [5.74, 6) is -0.183. The first-order valence-electron chi connectivity index (χ1n) is 9.19. The molecule has 0 fully saturated rings. The Balaban J connectivity index is 1.71. The Kier molecular flexibility index (Phi) is 4.02. The van der Waals surface area contributed by atoms with Gasteiger partial charge in [-0.15, -0.1) is 5.10 Å². The van der Waals surface area contributed by atoms with Gasteiger partial charge in [-0.3, -0.25) is 9.59 Å². The number of nitrogens with zero attached hydrogens (tertiary/aromatic N) is 4. The number of anilines is 1. The monoisotopic (exact) mass is 406 g/mol. The molecule has 1 amide bonds. The van der Waals surface area contributed by atoms with Crippen LogP contribution in [0, 0.1) is 5.82 Å². The zero-order chi connectivity index (χ0) is 20.1. The Morgan fingerprint density at radius 3 is 2.55 bits per heavy atom. The van der Waals surface area contributed by atoms with E-state index in [1.54, 1.807) is 17.0 Å². The zero-order valence-corrected chi connectivity index (χ0v) is 16.2. The lowest BCUT2D eigenvalue weighted by molar-refractivity contribution is -0.113. The van der Waals surface area contributed by atoms with E-state index in [0.29, 0.717) is 33.0 Å². The molecular weight excluding hydrogens is 391 g/mol. The molecule has 4 aromatic rings. The maximum absolute atomic E-state index is 13.1. The number of amides is 1. The average Bonchev–Trinajstić information content (AvgIpc) is 3.35. The van der Waals surface area contributed by atoms with Gasteiger partial charge in [-0.25, -0.2) is 4.39 Å². The number of benzene rings is 2. The lowest BCUT2D eigenvalue weighted by Crippen LogP contribution is -2.32. The van der Waals surface area contributed by atoms with Gasteiger partial charge >= 0.3 is 0 Å². The van der Waals surface area contributed by atoms with Crippen LogP contribution in [0.3, 0.4) is 0 Å². The van der Waals surface area contributed by atoms with Gasteiger partial charge in [0.25, 0.3) is 11.5 Å². The van der Waals surface area contributed by atoms with Gasteiger partial charge in [0.2, 0.25) is 4.96 Å². The van der Waals surface area contributed by atoms with Crippen LogP contribution in [0.15, 0.2) is 53.3 Å². The van der Waals surface area contributed by atoms with Crippen molar-refractivity contribution in [3.8, 4) is 11.4 Å². The second-order valence-electron chi connectivity index (χ2n) is 6.72. The van der Waals surface area contributed by atoms with E-state index in [1.165, 1.54) is 16.6 Å². The summed E-state index contributed by atoms with van der Waals surface area (Å²) in [6.07, 6.45) is 0.813. The molecule has 0 saturated carbocycles. The van der Waals surface area contributed by atoms with Crippen LogP contribution in [0.1, 0.15) is 18.9 Å². The average molecular weight is 406 g/mol. The zero-order valence-electron chi connectivity index (χ0n) is 15.4. The maximum Gasteiger partial charge on any atom is 0.291 e. The first-order chi connectivity index (χ1) is 14.1. The molecule has 0 unspecified atom stereocenters. The molecule has 0 radical (unpaired) electrons. The van der Waals surface area contributed by atoms with Crippen LogP contribution >= 0.6 is 11.3 Å². The van der Waals surface area contributed by atoms with Gasteiger partial charge in [0.1, 0.15) is 10.3 Å². The molecule has 144 valence electrons. The smallest absolute Gasteiger partial charge is 0.291 e. The second-order valence-corrected chi connectivity index (χ2v) is 7.70. The normalized spacial score (nSPS) is 15.4. The predicted octanol–water partition coefficient (Wildman–Crippen LogP) is 2.63. The lowest BCUT2D eigenvalue weighted by atomic mass is 10.1. The number of halogens is 1. The fraction of sp³-hybridized carbons (Fsp3) is 0.143. The molecular formula is C21H15FN4O2S. The van der Waals surface area contributed by atoms with Gasteiger partial charge < -0.3 is 4.90 Å². The summed E-state index contributed by atoms with van der Waals surface area (Å²) >= 11 is 1.15. The summed E-state index contributed by atoms with van der Waals surface area (Å²) in [5.41, 5.74) is 2.22. The summed E-state index contributed by atoms with van der Waals surface area (Å²) in [4.78, 5) is 32.7. The number of carbonyl (C=O) groups is 1. The Hall–Kier alpha value is -3.39. The first-order valence-corrected chi connectivity index (χ1v) is 10.0. The van der Waals surface area contributed by atoms with E-state index in [2.05, 4.69) is 10.1 Å². The highest BCUT2D eigenvalue weighted by molar-refractivity contribution is 7.15. The SMILES string of the molecule is CCCN1C(=O)/C(=c2/sc3nc(-c4ccc(F)cc4)nn3c2=O)c2ccccc21. The van der Waals surface area contributed by atoms with Crippen molar-refractivity contribution in [2.24, 2.45) is 0 Å². The predicted molar refractivity (Wildman–Crippen MR) is 109 cm³/mol. The van der Waals surface area contributed by atoms with Crippen LogP contribution < -0.4 is 15.0 Å². The first kappa shape index (κ1) is 17.7. The number of aromatic nitrogens is 3. The molecule has 0 atom stereocenters. The van der Waals surface area contributed by atoms with E-state index in [0.717, 1.165) is 29.0 Å². The number of hydrogen-bond acceptors (Lipinski definition) is 5. The molecule has 0 aliphatic carbocycles. The Labute approximate surface area is 168 Å². The number of carbonyl (C=O) groups excluding carboxylic acids is 1. The summed E-state index contributed by atoms with van der Waals surface area (Å²) < 4.78 is 14.7. The van der Waals surface area contributed by atoms with Gasteiger partial charge in [-0.2, -0.15) is 9.50 Å². The highest BCUT2D eigenvalue weighted by Crippen LogP contribution is 2.35. The number of thiazole rings is 1. The van der Waals surface area contributed by atoms with Gasteiger partial charge in [0.05, 0.1) is 11.3 Å². The van der Waals surface area contributed by atoms with E-state index < -0.39 is 0 Å². The highest BCUT2D eigenvalue weighted by atomic mass is 32.1. The number of fused-ring (bicyclic) bond motifs is 2. The highest BCUT2D eigenvalue weighted by Gasteiger charge is 2.33. The molecule has 5 rings (SSSR count). The molecule has 0 saturated heterocycles. The minimum atomic E-state index is -0.373. The fourth-order valence-corrected chi connectivity index (χ4v) is 4.55. The minimum absolute atomic E-state index is 0.173. The van der Waals surface area contributed by atoms with Crippen LogP contribution in [0.5, 0.6) is 0 Å². The molecule has 3 heterocycles. The molecule has 0 bridgehead atoms. The van der Waals surface area contributed by atoms with Crippen molar-refractivity contribution < 1.29 is 9.18 Å². The quantitative estimate of drug-likeness (QED) is 0.525. The van der Waals surface area contributed by atoms with E-state index in [9.17, 15) is 14.0 Å². The molecule has 6 nitrogen and oxygen atoms in total. The number of hydrogen-bond donors (Lipinski definition) is 0. The van der Waals surface area contributed by atoms with Crippen LogP contribution in [0.25, 0.3) is 21.9 Å². The summed E-state index contributed by atoms with van der Waals surface area (Å²) in [6.45, 7) is 2.59. The lowest BCUT2D eigenvalue weighted by Gasteiger charge is -2.15. The molecule has 29 heavy (non-hydrogen) atoms. The number of para-hydroxylation sites is 1. The van der Waals surface area contributed by atoms with Crippen molar-refractivity contribution in [2.45, 2.75) is 13.3 Å². The summed E-state index contributed by atoms with van der Waals surface area (Å²) in [7, 11) is 0. The standard InChI is InChI=1S/C21H15FN4O2S/c1-2-11-25-15-6-4-3-5-14(15)16(19(25)27)17-20(28)26-21(29-17)23-18(24-26)12-7-9-13(22)10-8-12/h3-10H,2,11H2,1H3/b17-16+. The Bertz CT molecular complexity index is 1370. The van der Waals surface area contributed by atoms with Crippen LogP contribution in [-0.2, 0) is 4.79 Å². The second kappa shape index (κ2) is 6.59. The largest absolute Gasteiger partial charge is 0.308 e. The maximum atomic E-state index is 13.1. The topological polar surface area (TPSA) is 67.6 Å². The Morgan fingerprint density at radius 1 is 1.07 bits per heavy atom. The summed E-state index contributed by atoms with van der Waals surface area (Å²) in [5, 5.41) is 4.28. The number of rotatable bonds is 3. The third-order valence-electron chi connectivity index (χ3n) is 4.86. The van der Waals surface area contributed by atoms with Crippen molar-refractivity contribution >= 4 is 33.5 Å². The van der Waals surface area contributed by atoms with Crippen molar-refractivity contribution in [1.82, 2.24) is 14.6 Å². The third kappa shape index (κ3) is 2.67. The molecule has 0 N–H and O–H groups in total. The minimum Gasteiger partial charge on any atom is -0.308 e. The van der Waals surface area contributed by atoms with Gasteiger partial charge in [-0.1, -0.05) is 36.5 Å². The third-order valence-corrected chi connectivity index (χ3v) is 5.89. The molecule has 1 aliphatic rings.